The molecule has 1 saturated heterocycles. The summed E-state index contributed by atoms with van der Waals surface area (Å²) in [5, 5.41) is 3.44. The number of hydrogen-bond donors (Lipinski definition) is 2. The fraction of sp³-hybridized carbons (Fsp3) is 0.529. The van der Waals surface area contributed by atoms with Gasteiger partial charge in [-0.25, -0.2) is 9.97 Å². The average molecular weight is 297 g/mol. The first kappa shape index (κ1) is 13.8. The van der Waals surface area contributed by atoms with E-state index in [9.17, 15) is 0 Å². The monoisotopic (exact) mass is 297 g/mol. The molecule has 22 heavy (non-hydrogen) atoms. The van der Waals surface area contributed by atoms with Gasteiger partial charge in [-0.3, -0.25) is 0 Å². The van der Waals surface area contributed by atoms with Gasteiger partial charge in [-0.1, -0.05) is 12.2 Å². The Morgan fingerprint density at radius 2 is 2.23 bits per heavy atom. The van der Waals surface area contributed by atoms with Crippen LogP contribution in [0.2, 0.25) is 0 Å². The molecule has 1 aromatic rings. The number of anilines is 2. The minimum absolute atomic E-state index is 0.458. The second-order valence-corrected chi connectivity index (χ2v) is 6.58. The number of nitrogens with one attached hydrogen (secondary N) is 1. The predicted molar refractivity (Wildman–Crippen MR) is 88.4 cm³/mol. The van der Waals surface area contributed by atoms with Crippen molar-refractivity contribution in [3.8, 4) is 0 Å². The molecule has 1 aliphatic heterocycles. The lowest BCUT2D eigenvalue weighted by atomic mass is 9.93. The topological polar surface area (TPSA) is 67.1 Å². The number of fused-ring (bicyclic) bond motifs is 1. The van der Waals surface area contributed by atoms with Crippen molar-refractivity contribution in [3.63, 3.8) is 0 Å². The van der Waals surface area contributed by atoms with Gasteiger partial charge in [-0.05, 0) is 38.3 Å². The van der Waals surface area contributed by atoms with Gasteiger partial charge in [0, 0.05) is 36.7 Å². The fourth-order valence-electron chi connectivity index (χ4n) is 3.56. The van der Waals surface area contributed by atoms with E-state index in [0.717, 1.165) is 36.9 Å². The molecular weight excluding hydrogens is 274 g/mol. The number of rotatable bonds is 4. The Balaban J connectivity index is 1.66. The third-order valence-corrected chi connectivity index (χ3v) is 4.94. The molecule has 1 saturated carbocycles. The van der Waals surface area contributed by atoms with E-state index in [1.165, 1.54) is 18.5 Å². The highest BCUT2D eigenvalue weighted by Crippen LogP contribution is 2.37. The van der Waals surface area contributed by atoms with E-state index in [0.29, 0.717) is 17.8 Å². The van der Waals surface area contributed by atoms with Gasteiger partial charge in [0.05, 0.1) is 0 Å². The molecule has 2 aliphatic carbocycles. The summed E-state index contributed by atoms with van der Waals surface area (Å²) in [6.45, 7) is 0.938. The molecule has 2 heterocycles. The molecule has 4 rings (SSSR count). The quantitative estimate of drug-likeness (QED) is 0.888. The van der Waals surface area contributed by atoms with E-state index in [-0.39, 0.29) is 0 Å². The number of nitrogens with two attached hydrogens (primary N) is 1. The van der Waals surface area contributed by atoms with Gasteiger partial charge in [-0.2, -0.15) is 0 Å². The zero-order valence-corrected chi connectivity index (χ0v) is 13.0. The van der Waals surface area contributed by atoms with Crippen LogP contribution >= 0.6 is 0 Å². The average Bonchev–Trinajstić information content (AvgIpc) is 3.25. The maximum Gasteiger partial charge on any atom is 0.138 e. The van der Waals surface area contributed by atoms with Crippen molar-refractivity contribution in [3.05, 3.63) is 35.8 Å². The number of nitrogen functional groups attached to an aromatic ring is 1. The van der Waals surface area contributed by atoms with E-state index in [1.54, 1.807) is 0 Å². The van der Waals surface area contributed by atoms with Crippen LogP contribution in [0.5, 0.6) is 0 Å². The summed E-state index contributed by atoms with van der Waals surface area (Å²) in [7, 11) is 2.04. The molecule has 0 radical (unpaired) electrons. The van der Waals surface area contributed by atoms with Crippen molar-refractivity contribution in [2.75, 3.05) is 24.2 Å². The lowest BCUT2D eigenvalue weighted by Gasteiger charge is -2.23. The summed E-state index contributed by atoms with van der Waals surface area (Å²) < 4.78 is 0. The summed E-state index contributed by atoms with van der Waals surface area (Å²) >= 11 is 0. The first-order chi connectivity index (χ1) is 10.7. The van der Waals surface area contributed by atoms with E-state index >= 15 is 0 Å². The zero-order chi connectivity index (χ0) is 15.1. The minimum Gasteiger partial charge on any atom is -0.384 e. The number of allylic oxidation sites excluding steroid dienone is 3. The molecule has 2 atom stereocenters. The van der Waals surface area contributed by atoms with Crippen LogP contribution in [0.4, 0.5) is 11.6 Å². The zero-order valence-electron chi connectivity index (χ0n) is 13.0. The molecule has 0 amide bonds. The Kier molecular flexibility index (Phi) is 3.37. The van der Waals surface area contributed by atoms with E-state index in [4.69, 9.17) is 10.7 Å². The van der Waals surface area contributed by atoms with Gasteiger partial charge in [-0.15, -0.1) is 0 Å². The molecular formula is C17H23N5. The SMILES string of the molecule is CNC1CN(c2cc(N)nc(CC3CC3)n2)C2=CC=CCC21. The number of likely N-dealkylation sites (N-methyl/N-ethyl adjacent to an activating group) is 1. The predicted octanol–water partition coefficient (Wildman–Crippen LogP) is 1.88. The minimum atomic E-state index is 0.458. The summed E-state index contributed by atoms with van der Waals surface area (Å²) in [5.41, 5.74) is 7.38. The lowest BCUT2D eigenvalue weighted by molar-refractivity contribution is 0.481. The third-order valence-electron chi connectivity index (χ3n) is 4.94. The number of nitrogens with zero attached hydrogens (tertiary/aromatic N) is 3. The normalized spacial score (nSPS) is 27.0. The molecule has 5 nitrogen and oxygen atoms in total. The van der Waals surface area contributed by atoms with Crippen LogP contribution in [-0.4, -0.2) is 29.6 Å². The smallest absolute Gasteiger partial charge is 0.138 e. The highest BCUT2D eigenvalue weighted by Gasteiger charge is 2.37. The van der Waals surface area contributed by atoms with Crippen LogP contribution in [-0.2, 0) is 6.42 Å². The Morgan fingerprint density at radius 1 is 1.36 bits per heavy atom. The van der Waals surface area contributed by atoms with Crippen molar-refractivity contribution >= 4 is 11.6 Å². The van der Waals surface area contributed by atoms with Gasteiger partial charge in [0.2, 0.25) is 0 Å². The Hall–Kier alpha value is -1.88. The molecule has 2 unspecified atom stereocenters. The van der Waals surface area contributed by atoms with Gasteiger partial charge in [0.25, 0.3) is 0 Å². The molecule has 0 bridgehead atoms. The molecule has 5 heteroatoms. The van der Waals surface area contributed by atoms with Crippen LogP contribution in [0.3, 0.4) is 0 Å². The molecule has 0 aromatic carbocycles. The van der Waals surface area contributed by atoms with Gasteiger partial charge < -0.3 is 16.0 Å². The highest BCUT2D eigenvalue weighted by molar-refractivity contribution is 5.56. The maximum absolute atomic E-state index is 6.03. The van der Waals surface area contributed by atoms with Crippen LogP contribution in [0.1, 0.15) is 25.1 Å². The van der Waals surface area contributed by atoms with Crippen molar-refractivity contribution in [2.24, 2.45) is 11.8 Å². The third kappa shape index (κ3) is 2.50. The summed E-state index contributed by atoms with van der Waals surface area (Å²) in [5.74, 6) is 3.72. The molecule has 3 aliphatic rings. The van der Waals surface area contributed by atoms with Crippen molar-refractivity contribution < 1.29 is 0 Å². The Bertz CT molecular complexity index is 632. The second-order valence-electron chi connectivity index (χ2n) is 6.58. The number of aromatic nitrogens is 2. The lowest BCUT2D eigenvalue weighted by Crippen LogP contribution is -2.33. The largest absolute Gasteiger partial charge is 0.384 e. The van der Waals surface area contributed by atoms with Crippen LogP contribution < -0.4 is 16.0 Å². The first-order valence-corrected chi connectivity index (χ1v) is 8.19. The van der Waals surface area contributed by atoms with E-state index in [1.807, 2.05) is 13.1 Å². The summed E-state index contributed by atoms with van der Waals surface area (Å²) in [6, 6.07) is 2.37. The van der Waals surface area contributed by atoms with Crippen molar-refractivity contribution in [2.45, 2.75) is 31.7 Å². The van der Waals surface area contributed by atoms with E-state index in [2.05, 4.69) is 33.4 Å². The summed E-state index contributed by atoms with van der Waals surface area (Å²) in [6.07, 6.45) is 11.3. The second kappa shape index (κ2) is 5.39. The van der Waals surface area contributed by atoms with Crippen LogP contribution in [0, 0.1) is 11.8 Å². The van der Waals surface area contributed by atoms with Crippen LogP contribution in [0.25, 0.3) is 0 Å². The molecule has 0 spiro atoms. The van der Waals surface area contributed by atoms with Gasteiger partial charge in [0.15, 0.2) is 0 Å². The number of hydrogen-bond acceptors (Lipinski definition) is 5. The Morgan fingerprint density at radius 3 is 3.00 bits per heavy atom. The first-order valence-electron chi connectivity index (χ1n) is 8.19. The van der Waals surface area contributed by atoms with Gasteiger partial charge >= 0.3 is 0 Å². The molecule has 2 fully saturated rings. The Labute approximate surface area is 131 Å². The highest BCUT2D eigenvalue weighted by atomic mass is 15.3. The molecule has 3 N–H and O–H groups in total. The summed E-state index contributed by atoms with van der Waals surface area (Å²) in [4.78, 5) is 11.5. The molecule has 116 valence electrons. The maximum atomic E-state index is 6.03. The van der Waals surface area contributed by atoms with Gasteiger partial charge in [0.1, 0.15) is 17.5 Å². The van der Waals surface area contributed by atoms with Crippen LogP contribution in [0.15, 0.2) is 30.0 Å². The molecule has 1 aromatic heterocycles. The van der Waals surface area contributed by atoms with Crippen molar-refractivity contribution in [1.29, 1.82) is 0 Å². The van der Waals surface area contributed by atoms with E-state index < -0.39 is 0 Å². The fourth-order valence-corrected chi connectivity index (χ4v) is 3.56. The standard InChI is InChI=1S/C17H23N5/c1-19-13-10-22(14-5-3-2-4-12(13)14)17-9-15(18)20-16(21-17)8-11-6-7-11/h2-3,5,9,11-13,19H,4,6-8,10H2,1H3,(H2,18,20,21). The van der Waals surface area contributed by atoms with Crippen molar-refractivity contribution in [1.82, 2.24) is 15.3 Å².